The number of aromatic nitrogens is 1. The van der Waals surface area contributed by atoms with Crippen molar-refractivity contribution in [2.45, 2.75) is 12.8 Å². The van der Waals surface area contributed by atoms with Gasteiger partial charge in [-0.15, -0.1) is 0 Å². The van der Waals surface area contributed by atoms with E-state index in [-0.39, 0.29) is 11.8 Å². The molecule has 0 spiro atoms. The van der Waals surface area contributed by atoms with E-state index < -0.39 is 0 Å². The second-order valence-corrected chi connectivity index (χ2v) is 4.42. The maximum Gasteiger partial charge on any atom is 0.224 e. The van der Waals surface area contributed by atoms with E-state index in [1.165, 1.54) is 0 Å². The molecule has 1 aromatic heterocycles. The normalized spacial score (nSPS) is 19.1. The van der Waals surface area contributed by atoms with Crippen molar-refractivity contribution in [2.24, 2.45) is 5.92 Å². The summed E-state index contributed by atoms with van der Waals surface area (Å²) in [5, 5.41) is 11.4. The summed E-state index contributed by atoms with van der Waals surface area (Å²) in [5.41, 5.74) is 0.554. The molecule has 1 atom stereocenters. The molecule has 18 heavy (non-hydrogen) atoms. The number of pyridine rings is 1. The Hall–Kier alpha value is -2.09. The van der Waals surface area contributed by atoms with Crippen LogP contribution in [0.1, 0.15) is 18.4 Å². The molecule has 1 aromatic rings. The van der Waals surface area contributed by atoms with Crippen LogP contribution in [0, 0.1) is 17.2 Å². The molecule has 2 heterocycles. The van der Waals surface area contributed by atoms with Crippen LogP contribution in [0.4, 0.5) is 5.82 Å². The van der Waals surface area contributed by atoms with Crippen LogP contribution in [-0.4, -0.2) is 31.0 Å². The number of carbonyl (C=O) groups is 1. The highest BCUT2D eigenvalue weighted by Gasteiger charge is 2.25. The minimum absolute atomic E-state index is 0.0289. The van der Waals surface area contributed by atoms with Crippen molar-refractivity contribution in [2.75, 3.05) is 25.0 Å². The van der Waals surface area contributed by atoms with Gasteiger partial charge in [-0.2, -0.15) is 5.26 Å². The average molecular weight is 244 g/mol. The highest BCUT2D eigenvalue weighted by molar-refractivity contribution is 5.79. The van der Waals surface area contributed by atoms with E-state index in [2.05, 4.69) is 15.2 Å². The standard InChI is InChI=1S/C13H16N4O/c1-15-13(18)11-3-2-6-17(9-11)12-5-4-10(7-14)8-16-12/h4-5,8,11H,2-3,6,9H2,1H3,(H,15,18). The number of nitriles is 1. The topological polar surface area (TPSA) is 69.0 Å². The second kappa shape index (κ2) is 5.50. The Labute approximate surface area is 106 Å². The average Bonchev–Trinajstić information content (AvgIpc) is 2.46. The van der Waals surface area contributed by atoms with Gasteiger partial charge >= 0.3 is 0 Å². The van der Waals surface area contributed by atoms with E-state index in [1.807, 2.05) is 12.1 Å². The molecule has 1 amide bonds. The van der Waals surface area contributed by atoms with Crippen LogP contribution >= 0.6 is 0 Å². The fourth-order valence-corrected chi connectivity index (χ4v) is 2.24. The third-order valence-electron chi connectivity index (χ3n) is 3.24. The Morgan fingerprint density at radius 2 is 2.44 bits per heavy atom. The van der Waals surface area contributed by atoms with E-state index in [4.69, 9.17) is 5.26 Å². The highest BCUT2D eigenvalue weighted by Crippen LogP contribution is 2.21. The van der Waals surface area contributed by atoms with Crippen molar-refractivity contribution in [1.29, 1.82) is 5.26 Å². The summed E-state index contributed by atoms with van der Waals surface area (Å²) in [6.45, 7) is 1.60. The largest absolute Gasteiger partial charge is 0.359 e. The molecule has 94 valence electrons. The van der Waals surface area contributed by atoms with Crippen molar-refractivity contribution in [1.82, 2.24) is 10.3 Å². The van der Waals surface area contributed by atoms with Gasteiger partial charge in [0.2, 0.25) is 5.91 Å². The van der Waals surface area contributed by atoms with E-state index in [0.717, 1.165) is 25.2 Å². The van der Waals surface area contributed by atoms with E-state index in [9.17, 15) is 4.79 Å². The summed E-state index contributed by atoms with van der Waals surface area (Å²) in [6.07, 6.45) is 3.48. The highest BCUT2D eigenvalue weighted by atomic mass is 16.1. The van der Waals surface area contributed by atoms with Crippen LogP contribution < -0.4 is 10.2 Å². The molecule has 5 heteroatoms. The summed E-state index contributed by atoms with van der Waals surface area (Å²) in [4.78, 5) is 18.0. The number of hydrogen-bond donors (Lipinski definition) is 1. The zero-order chi connectivity index (χ0) is 13.0. The molecule has 2 rings (SSSR count). The fourth-order valence-electron chi connectivity index (χ4n) is 2.24. The predicted molar refractivity (Wildman–Crippen MR) is 68.0 cm³/mol. The van der Waals surface area contributed by atoms with Crippen molar-refractivity contribution < 1.29 is 4.79 Å². The van der Waals surface area contributed by atoms with Gasteiger partial charge in [-0.1, -0.05) is 0 Å². The predicted octanol–water partition coefficient (Wildman–Crippen LogP) is 0.916. The SMILES string of the molecule is CNC(=O)C1CCCN(c2ccc(C#N)cn2)C1. The molecule has 0 aliphatic carbocycles. The van der Waals surface area contributed by atoms with Gasteiger partial charge < -0.3 is 10.2 Å². The van der Waals surface area contributed by atoms with Crippen LogP contribution in [0.2, 0.25) is 0 Å². The summed E-state index contributed by atoms with van der Waals surface area (Å²) in [6, 6.07) is 5.64. The van der Waals surface area contributed by atoms with Gasteiger partial charge in [-0.3, -0.25) is 4.79 Å². The zero-order valence-corrected chi connectivity index (χ0v) is 10.4. The first-order chi connectivity index (χ1) is 8.74. The molecule has 1 aliphatic rings. The summed E-state index contributed by atoms with van der Waals surface area (Å²) in [5.74, 6) is 0.956. The number of carbonyl (C=O) groups excluding carboxylic acids is 1. The number of hydrogen-bond acceptors (Lipinski definition) is 4. The first-order valence-corrected chi connectivity index (χ1v) is 6.07. The lowest BCUT2D eigenvalue weighted by Crippen LogP contribution is -2.42. The minimum atomic E-state index is 0.0289. The number of amides is 1. The third-order valence-corrected chi connectivity index (χ3v) is 3.24. The Bertz CT molecular complexity index is 463. The van der Waals surface area contributed by atoms with E-state index >= 15 is 0 Å². The molecule has 5 nitrogen and oxygen atoms in total. The monoisotopic (exact) mass is 244 g/mol. The molecule has 1 unspecified atom stereocenters. The van der Waals surface area contributed by atoms with E-state index in [0.29, 0.717) is 12.1 Å². The molecular formula is C13H16N4O. The molecule has 1 N–H and O–H groups in total. The van der Waals surface area contributed by atoms with Crippen molar-refractivity contribution in [3.05, 3.63) is 23.9 Å². The number of rotatable bonds is 2. The lowest BCUT2D eigenvalue weighted by atomic mass is 9.97. The molecule has 1 saturated heterocycles. The lowest BCUT2D eigenvalue weighted by molar-refractivity contribution is -0.124. The third kappa shape index (κ3) is 2.59. The van der Waals surface area contributed by atoms with Crippen LogP contribution in [0.25, 0.3) is 0 Å². The Balaban J connectivity index is 2.08. The Morgan fingerprint density at radius 3 is 3.06 bits per heavy atom. The van der Waals surface area contributed by atoms with Crippen LogP contribution in [0.5, 0.6) is 0 Å². The maximum absolute atomic E-state index is 11.6. The first kappa shape index (κ1) is 12.4. The Morgan fingerprint density at radius 1 is 1.61 bits per heavy atom. The zero-order valence-electron chi connectivity index (χ0n) is 10.4. The molecule has 1 fully saturated rings. The van der Waals surface area contributed by atoms with Crippen LogP contribution in [0.15, 0.2) is 18.3 Å². The van der Waals surface area contributed by atoms with Crippen molar-refractivity contribution in [3.63, 3.8) is 0 Å². The van der Waals surface area contributed by atoms with Gasteiger partial charge in [0.25, 0.3) is 0 Å². The first-order valence-electron chi connectivity index (χ1n) is 6.07. The summed E-state index contributed by atoms with van der Waals surface area (Å²) < 4.78 is 0. The van der Waals surface area contributed by atoms with Crippen LogP contribution in [-0.2, 0) is 4.79 Å². The fraction of sp³-hybridized carbons (Fsp3) is 0.462. The minimum Gasteiger partial charge on any atom is -0.359 e. The lowest BCUT2D eigenvalue weighted by Gasteiger charge is -2.32. The Kier molecular flexibility index (Phi) is 3.78. The van der Waals surface area contributed by atoms with Gasteiger partial charge in [-0.25, -0.2) is 4.98 Å². The van der Waals surface area contributed by atoms with Gasteiger partial charge in [0.05, 0.1) is 11.5 Å². The summed E-state index contributed by atoms with van der Waals surface area (Å²) >= 11 is 0. The number of nitrogens with zero attached hydrogens (tertiary/aromatic N) is 3. The smallest absolute Gasteiger partial charge is 0.224 e. The molecule has 0 aromatic carbocycles. The van der Waals surface area contributed by atoms with Gasteiger partial charge in [0.1, 0.15) is 11.9 Å². The quantitative estimate of drug-likeness (QED) is 0.839. The molecule has 0 saturated carbocycles. The second-order valence-electron chi connectivity index (χ2n) is 4.42. The molecule has 0 bridgehead atoms. The van der Waals surface area contributed by atoms with Crippen LogP contribution in [0.3, 0.4) is 0 Å². The van der Waals surface area contributed by atoms with Gasteiger partial charge in [0, 0.05) is 26.3 Å². The molecule has 1 aliphatic heterocycles. The molecule has 0 radical (unpaired) electrons. The van der Waals surface area contributed by atoms with Crippen molar-refractivity contribution in [3.8, 4) is 6.07 Å². The van der Waals surface area contributed by atoms with Gasteiger partial charge in [0.15, 0.2) is 0 Å². The van der Waals surface area contributed by atoms with Gasteiger partial charge in [-0.05, 0) is 25.0 Å². The number of piperidine rings is 1. The van der Waals surface area contributed by atoms with Crippen molar-refractivity contribution >= 4 is 11.7 Å². The summed E-state index contributed by atoms with van der Waals surface area (Å²) in [7, 11) is 1.67. The number of anilines is 1. The maximum atomic E-state index is 11.6. The van der Waals surface area contributed by atoms with E-state index in [1.54, 1.807) is 19.3 Å². The molecular weight excluding hydrogens is 228 g/mol. The number of nitrogens with one attached hydrogen (secondary N) is 1.